The van der Waals surface area contributed by atoms with Gasteiger partial charge >= 0.3 is 18.2 Å². The fourth-order valence-corrected chi connectivity index (χ4v) is 3.86. The Bertz CT molecular complexity index is 1230. The number of carbonyl (C=O) groups is 2. The quantitative estimate of drug-likeness (QED) is 0.579. The number of rotatable bonds is 5. The van der Waals surface area contributed by atoms with E-state index < -0.39 is 23.7 Å². The highest BCUT2D eigenvalue weighted by atomic mass is 19.4. The molecule has 1 saturated heterocycles. The number of halogens is 3. The van der Waals surface area contributed by atoms with Crippen LogP contribution >= 0.6 is 0 Å². The van der Waals surface area contributed by atoms with Crippen molar-refractivity contribution in [2.45, 2.75) is 25.7 Å². The Morgan fingerprint density at radius 1 is 1.17 bits per heavy atom. The molecule has 3 heterocycles. The number of benzene rings is 1. The van der Waals surface area contributed by atoms with Gasteiger partial charge in [0.2, 0.25) is 5.88 Å². The molecule has 1 atom stereocenters. The maximum atomic E-state index is 12.9. The van der Waals surface area contributed by atoms with E-state index >= 15 is 0 Å². The fourth-order valence-electron chi connectivity index (χ4n) is 3.86. The molecule has 0 radical (unpaired) electrons. The van der Waals surface area contributed by atoms with Crippen LogP contribution in [0.4, 0.5) is 18.0 Å². The number of aromatic nitrogens is 3. The first kappa shape index (κ1) is 24.2. The maximum absolute atomic E-state index is 12.9. The fraction of sp³-hybridized carbons (Fsp3) is 0.304. The molecule has 12 heteroatoms. The summed E-state index contributed by atoms with van der Waals surface area (Å²) in [5.41, 5.74) is -0.152. The van der Waals surface area contributed by atoms with E-state index in [9.17, 15) is 22.8 Å². The molecular formula is C23H22F3N5O4. The van der Waals surface area contributed by atoms with E-state index in [2.05, 4.69) is 15.0 Å². The minimum absolute atomic E-state index is 0.150. The number of alkyl halides is 3. The van der Waals surface area contributed by atoms with Crippen LogP contribution in [0.15, 0.2) is 54.9 Å². The monoisotopic (exact) mass is 489 g/mol. The van der Waals surface area contributed by atoms with Gasteiger partial charge in [-0.25, -0.2) is 14.6 Å². The second kappa shape index (κ2) is 9.74. The first-order valence-electron chi connectivity index (χ1n) is 10.7. The zero-order valence-electron chi connectivity index (χ0n) is 18.6. The van der Waals surface area contributed by atoms with Gasteiger partial charge in [-0.15, -0.1) is 0 Å². The number of nitrogens with zero attached hydrogens (tertiary/aromatic N) is 5. The summed E-state index contributed by atoms with van der Waals surface area (Å²) in [7, 11) is 0. The molecule has 2 aromatic heterocycles. The molecule has 1 aliphatic rings. The smallest absolute Gasteiger partial charge is 0.416 e. The van der Waals surface area contributed by atoms with Crippen LogP contribution in [-0.2, 0) is 12.7 Å². The van der Waals surface area contributed by atoms with Gasteiger partial charge in [-0.3, -0.25) is 4.90 Å². The summed E-state index contributed by atoms with van der Waals surface area (Å²) < 4.78 is 45.4. The van der Waals surface area contributed by atoms with Crippen LogP contribution in [0, 0.1) is 0 Å². The molecule has 4 rings (SSSR count). The summed E-state index contributed by atoms with van der Waals surface area (Å²) in [4.78, 5) is 31.4. The number of hydrogen-bond donors (Lipinski definition) is 1. The molecular weight excluding hydrogens is 467 g/mol. The van der Waals surface area contributed by atoms with Crippen molar-refractivity contribution in [3.8, 4) is 11.6 Å². The van der Waals surface area contributed by atoms with Crippen LogP contribution in [0.5, 0.6) is 11.6 Å². The average molecular weight is 489 g/mol. The molecule has 3 aromatic rings. The molecule has 1 N–H and O–H groups in total. The zero-order valence-corrected chi connectivity index (χ0v) is 18.6. The van der Waals surface area contributed by atoms with Gasteiger partial charge in [0.05, 0.1) is 5.56 Å². The lowest BCUT2D eigenvalue weighted by Gasteiger charge is -2.39. The normalized spacial score (nSPS) is 16.8. The highest BCUT2D eigenvalue weighted by Crippen LogP contribution is 2.31. The second-order valence-corrected chi connectivity index (χ2v) is 8.14. The lowest BCUT2D eigenvalue weighted by molar-refractivity contribution is -0.137. The Morgan fingerprint density at radius 2 is 1.97 bits per heavy atom. The number of carbonyl (C=O) groups excluding carboxylic acids is 1. The van der Waals surface area contributed by atoms with Gasteiger partial charge in [-0.05, 0) is 36.8 Å². The van der Waals surface area contributed by atoms with E-state index in [0.29, 0.717) is 31.9 Å². The Labute approximate surface area is 198 Å². The van der Waals surface area contributed by atoms with E-state index in [1.54, 1.807) is 23.1 Å². The molecule has 1 fully saturated rings. The van der Waals surface area contributed by atoms with Crippen LogP contribution in [0.1, 0.15) is 28.5 Å². The molecule has 1 aliphatic heterocycles. The van der Waals surface area contributed by atoms with Crippen LogP contribution < -0.4 is 4.74 Å². The molecule has 0 aliphatic carbocycles. The minimum Gasteiger partial charge on any atom is -0.476 e. The lowest BCUT2D eigenvalue weighted by Crippen LogP contribution is -2.54. The summed E-state index contributed by atoms with van der Waals surface area (Å²) in [5.74, 6) is -0.990. The van der Waals surface area contributed by atoms with E-state index in [4.69, 9.17) is 9.84 Å². The van der Waals surface area contributed by atoms with Crippen molar-refractivity contribution in [1.82, 2.24) is 24.6 Å². The van der Waals surface area contributed by atoms with Gasteiger partial charge in [0.25, 0.3) is 0 Å². The van der Waals surface area contributed by atoms with Gasteiger partial charge in [0.1, 0.15) is 5.75 Å². The summed E-state index contributed by atoms with van der Waals surface area (Å²) in [6.07, 6.45) is -2.11. The average Bonchev–Trinajstić information content (AvgIpc) is 3.30. The van der Waals surface area contributed by atoms with Crippen molar-refractivity contribution in [3.05, 3.63) is 71.7 Å². The van der Waals surface area contributed by atoms with Crippen molar-refractivity contribution in [2.75, 3.05) is 19.6 Å². The molecule has 0 unspecified atom stereocenters. The summed E-state index contributed by atoms with van der Waals surface area (Å²) >= 11 is 0. The van der Waals surface area contributed by atoms with Crippen molar-refractivity contribution >= 4 is 12.0 Å². The third kappa shape index (κ3) is 5.77. The van der Waals surface area contributed by atoms with Gasteiger partial charge < -0.3 is 14.7 Å². The largest absolute Gasteiger partial charge is 0.476 e. The zero-order chi connectivity index (χ0) is 25.2. The number of pyridine rings is 1. The predicted molar refractivity (Wildman–Crippen MR) is 117 cm³/mol. The van der Waals surface area contributed by atoms with Crippen LogP contribution in [0.25, 0.3) is 0 Å². The highest BCUT2D eigenvalue weighted by Gasteiger charge is 2.31. The second-order valence-electron chi connectivity index (χ2n) is 8.14. The number of aromatic carboxylic acids is 1. The third-order valence-corrected chi connectivity index (χ3v) is 5.55. The summed E-state index contributed by atoms with van der Waals surface area (Å²) in [6, 6.07) is 9.46. The van der Waals surface area contributed by atoms with Crippen molar-refractivity contribution in [1.29, 1.82) is 0 Å². The van der Waals surface area contributed by atoms with Crippen LogP contribution in [-0.4, -0.2) is 67.3 Å². The maximum Gasteiger partial charge on any atom is 0.416 e. The summed E-state index contributed by atoms with van der Waals surface area (Å²) in [6.45, 7) is 4.00. The molecule has 35 heavy (non-hydrogen) atoms. The van der Waals surface area contributed by atoms with Crippen molar-refractivity contribution in [2.24, 2.45) is 0 Å². The molecule has 0 bridgehead atoms. The summed E-state index contributed by atoms with van der Waals surface area (Å²) in [5, 5.41) is 12.8. The van der Waals surface area contributed by atoms with Gasteiger partial charge in [-0.1, -0.05) is 12.1 Å². The van der Waals surface area contributed by atoms with E-state index in [-0.39, 0.29) is 17.6 Å². The molecule has 1 aromatic carbocycles. The molecule has 9 nitrogen and oxygen atoms in total. The first-order chi connectivity index (χ1) is 16.6. The number of carboxylic acids is 1. The predicted octanol–water partition coefficient (Wildman–Crippen LogP) is 3.96. The number of piperazine rings is 1. The van der Waals surface area contributed by atoms with Gasteiger partial charge in [0.15, 0.2) is 5.69 Å². The van der Waals surface area contributed by atoms with Crippen molar-refractivity contribution < 1.29 is 32.6 Å². The molecule has 1 amide bonds. The van der Waals surface area contributed by atoms with E-state index in [1.165, 1.54) is 12.3 Å². The first-order valence-corrected chi connectivity index (χ1v) is 10.7. The van der Waals surface area contributed by atoms with Crippen LogP contribution in [0.2, 0.25) is 0 Å². The van der Waals surface area contributed by atoms with E-state index in [1.807, 2.05) is 13.0 Å². The number of amides is 1. The van der Waals surface area contributed by atoms with Crippen LogP contribution in [0.3, 0.4) is 0 Å². The Hall–Kier alpha value is -3.93. The third-order valence-electron chi connectivity index (χ3n) is 5.55. The number of carboxylic acid groups (broad SMARTS) is 1. The number of ether oxygens (including phenoxy) is 1. The Morgan fingerprint density at radius 3 is 2.66 bits per heavy atom. The van der Waals surface area contributed by atoms with Gasteiger partial charge in [-0.2, -0.15) is 23.0 Å². The standard InChI is InChI=1S/C23H22F3N5O4/c1-15-13-29(9-10-30(15)22(34)31-8-6-19(28-31)21(32)33)14-16-3-2-4-18(11-16)35-20-12-17(5-7-27-20)23(24,25)26/h2-8,11-12,15H,9-10,13-14H2,1H3,(H,32,33)/t15-/m1/s1. The van der Waals surface area contributed by atoms with E-state index in [0.717, 1.165) is 28.6 Å². The van der Waals surface area contributed by atoms with Gasteiger partial charge in [0, 0.05) is 50.7 Å². The highest BCUT2D eigenvalue weighted by molar-refractivity contribution is 5.86. The van der Waals surface area contributed by atoms with Crippen molar-refractivity contribution in [3.63, 3.8) is 0 Å². The molecule has 0 spiro atoms. The molecule has 0 saturated carbocycles. The Kier molecular flexibility index (Phi) is 6.74. The number of hydrogen-bond acceptors (Lipinski definition) is 6. The topological polar surface area (TPSA) is 101 Å². The minimum atomic E-state index is -4.49. The Balaban J connectivity index is 1.37. The lowest BCUT2D eigenvalue weighted by atomic mass is 10.1. The SMILES string of the molecule is C[C@@H]1CN(Cc2cccc(Oc3cc(C(F)(F)F)ccn3)c2)CCN1C(=O)n1ccc(C(=O)O)n1. The molecule has 184 valence electrons.